The summed E-state index contributed by atoms with van der Waals surface area (Å²) >= 11 is 6.11. The van der Waals surface area contributed by atoms with Gasteiger partial charge in [-0.3, -0.25) is 4.40 Å². The van der Waals surface area contributed by atoms with Gasteiger partial charge in [-0.25, -0.2) is 9.67 Å². The predicted octanol–water partition coefficient (Wildman–Crippen LogP) is 4.09. The standard InChI is InChI=1S/C19H13ClN6/c1-12-5-2-3-8-15(12)18-23-24-19-16-10-22-26(17(16)21-11-25(18)19)14-7-4-6-13(20)9-14/h2-11H,1H3. The molecule has 126 valence electrons. The Morgan fingerprint density at radius 3 is 2.69 bits per heavy atom. The number of rotatable bonds is 2. The van der Waals surface area contributed by atoms with E-state index in [1.165, 1.54) is 0 Å². The lowest BCUT2D eigenvalue weighted by atomic mass is 10.1. The minimum Gasteiger partial charge on any atom is -0.265 e. The average Bonchev–Trinajstić information content (AvgIpc) is 3.26. The minimum atomic E-state index is 0.650. The summed E-state index contributed by atoms with van der Waals surface area (Å²) in [4.78, 5) is 4.60. The summed E-state index contributed by atoms with van der Waals surface area (Å²) in [5.41, 5.74) is 4.45. The van der Waals surface area contributed by atoms with Crippen molar-refractivity contribution in [1.29, 1.82) is 0 Å². The number of aryl methyl sites for hydroxylation is 1. The summed E-state index contributed by atoms with van der Waals surface area (Å²) in [7, 11) is 0. The van der Waals surface area contributed by atoms with Crippen LogP contribution in [0.3, 0.4) is 0 Å². The SMILES string of the molecule is Cc1ccccc1-c1nnc2c3cnn(-c4cccc(Cl)c4)c3ncn12. The molecule has 0 fully saturated rings. The van der Waals surface area contributed by atoms with Crippen LogP contribution in [0.25, 0.3) is 33.8 Å². The topological polar surface area (TPSA) is 60.9 Å². The molecular formula is C19H13ClN6. The number of hydrogen-bond acceptors (Lipinski definition) is 4. The van der Waals surface area contributed by atoms with Gasteiger partial charge >= 0.3 is 0 Å². The normalized spacial score (nSPS) is 11.5. The van der Waals surface area contributed by atoms with Crippen molar-refractivity contribution in [2.45, 2.75) is 6.92 Å². The highest BCUT2D eigenvalue weighted by molar-refractivity contribution is 6.30. The first-order chi connectivity index (χ1) is 12.7. The van der Waals surface area contributed by atoms with E-state index in [1.54, 1.807) is 17.2 Å². The molecule has 0 spiro atoms. The Bertz CT molecular complexity index is 1270. The van der Waals surface area contributed by atoms with E-state index in [0.29, 0.717) is 10.7 Å². The van der Waals surface area contributed by atoms with Gasteiger partial charge in [-0.15, -0.1) is 10.2 Å². The maximum absolute atomic E-state index is 6.11. The molecule has 0 saturated carbocycles. The Balaban J connectivity index is 1.75. The van der Waals surface area contributed by atoms with Crippen LogP contribution in [0.1, 0.15) is 5.56 Å². The summed E-state index contributed by atoms with van der Waals surface area (Å²) < 4.78 is 3.65. The van der Waals surface area contributed by atoms with Crippen LogP contribution >= 0.6 is 11.6 Å². The molecule has 0 bridgehead atoms. The first-order valence-corrected chi connectivity index (χ1v) is 8.49. The van der Waals surface area contributed by atoms with Gasteiger partial charge in [0.15, 0.2) is 17.1 Å². The maximum atomic E-state index is 6.11. The summed E-state index contributed by atoms with van der Waals surface area (Å²) in [5.74, 6) is 0.767. The van der Waals surface area contributed by atoms with Crippen molar-refractivity contribution >= 4 is 28.3 Å². The predicted molar refractivity (Wildman–Crippen MR) is 101 cm³/mol. The van der Waals surface area contributed by atoms with Crippen molar-refractivity contribution in [1.82, 2.24) is 29.4 Å². The monoisotopic (exact) mass is 360 g/mol. The Morgan fingerprint density at radius 1 is 0.962 bits per heavy atom. The molecule has 7 heteroatoms. The van der Waals surface area contributed by atoms with Crippen LogP contribution in [0.4, 0.5) is 0 Å². The lowest BCUT2D eigenvalue weighted by Gasteiger charge is -2.05. The van der Waals surface area contributed by atoms with Gasteiger partial charge in [0.05, 0.1) is 17.3 Å². The molecule has 3 aromatic heterocycles. The number of aromatic nitrogens is 6. The fourth-order valence-corrected chi connectivity index (χ4v) is 3.31. The Hall–Kier alpha value is -3.25. The number of fused-ring (bicyclic) bond motifs is 3. The van der Waals surface area contributed by atoms with Crippen molar-refractivity contribution in [3.63, 3.8) is 0 Å². The highest BCUT2D eigenvalue weighted by atomic mass is 35.5. The van der Waals surface area contributed by atoms with E-state index in [0.717, 1.165) is 33.7 Å². The van der Waals surface area contributed by atoms with Crippen molar-refractivity contribution < 1.29 is 0 Å². The third-order valence-corrected chi connectivity index (χ3v) is 4.65. The second-order valence-corrected chi connectivity index (χ2v) is 6.49. The fourth-order valence-electron chi connectivity index (χ4n) is 3.13. The zero-order chi connectivity index (χ0) is 17.7. The molecule has 0 unspecified atom stereocenters. The third kappa shape index (κ3) is 2.19. The van der Waals surface area contributed by atoms with E-state index in [2.05, 4.69) is 33.3 Å². The molecule has 0 N–H and O–H groups in total. The van der Waals surface area contributed by atoms with Gasteiger partial charge in [0, 0.05) is 10.6 Å². The van der Waals surface area contributed by atoms with Crippen molar-refractivity contribution in [3.8, 4) is 17.1 Å². The highest BCUT2D eigenvalue weighted by Gasteiger charge is 2.16. The molecule has 0 aliphatic heterocycles. The van der Waals surface area contributed by atoms with Crippen LogP contribution < -0.4 is 0 Å². The van der Waals surface area contributed by atoms with Crippen molar-refractivity contribution in [2.75, 3.05) is 0 Å². The van der Waals surface area contributed by atoms with E-state index >= 15 is 0 Å². The summed E-state index contributed by atoms with van der Waals surface area (Å²) in [6.07, 6.45) is 3.50. The molecule has 6 nitrogen and oxygen atoms in total. The zero-order valence-electron chi connectivity index (χ0n) is 13.8. The molecule has 2 aromatic carbocycles. The zero-order valence-corrected chi connectivity index (χ0v) is 14.6. The molecule has 0 atom stereocenters. The van der Waals surface area contributed by atoms with E-state index < -0.39 is 0 Å². The van der Waals surface area contributed by atoms with Crippen molar-refractivity contribution in [2.24, 2.45) is 0 Å². The van der Waals surface area contributed by atoms with E-state index in [1.807, 2.05) is 46.9 Å². The van der Waals surface area contributed by atoms with Crippen LogP contribution in [0, 0.1) is 6.92 Å². The molecule has 3 heterocycles. The summed E-state index contributed by atoms with van der Waals surface area (Å²) in [5, 5.41) is 14.7. The lowest BCUT2D eigenvalue weighted by molar-refractivity contribution is 0.893. The van der Waals surface area contributed by atoms with Gasteiger partial charge in [-0.1, -0.05) is 41.9 Å². The highest BCUT2D eigenvalue weighted by Crippen LogP contribution is 2.26. The Morgan fingerprint density at radius 2 is 1.85 bits per heavy atom. The van der Waals surface area contributed by atoms with Gasteiger partial charge < -0.3 is 0 Å². The molecule has 0 radical (unpaired) electrons. The molecule has 0 amide bonds. The maximum Gasteiger partial charge on any atom is 0.175 e. The van der Waals surface area contributed by atoms with Gasteiger partial charge in [0.25, 0.3) is 0 Å². The molecule has 5 aromatic rings. The van der Waals surface area contributed by atoms with Gasteiger partial charge in [0.2, 0.25) is 0 Å². The van der Waals surface area contributed by atoms with Crippen LogP contribution in [0.15, 0.2) is 61.1 Å². The van der Waals surface area contributed by atoms with Crippen LogP contribution in [0.2, 0.25) is 5.02 Å². The largest absolute Gasteiger partial charge is 0.265 e. The first kappa shape index (κ1) is 15.0. The summed E-state index contributed by atoms with van der Waals surface area (Å²) in [6.45, 7) is 2.06. The number of benzene rings is 2. The van der Waals surface area contributed by atoms with Gasteiger partial charge in [0.1, 0.15) is 6.33 Å². The average molecular weight is 361 g/mol. The molecule has 26 heavy (non-hydrogen) atoms. The molecular weight excluding hydrogens is 348 g/mol. The second kappa shape index (κ2) is 5.64. The summed E-state index contributed by atoms with van der Waals surface area (Å²) in [6, 6.07) is 15.6. The first-order valence-electron chi connectivity index (χ1n) is 8.12. The Kier molecular flexibility index (Phi) is 3.26. The van der Waals surface area contributed by atoms with Crippen LogP contribution in [0.5, 0.6) is 0 Å². The number of hydrogen-bond donors (Lipinski definition) is 0. The van der Waals surface area contributed by atoms with Gasteiger partial charge in [-0.05, 0) is 30.7 Å². The fraction of sp³-hybridized carbons (Fsp3) is 0.0526. The van der Waals surface area contributed by atoms with Crippen molar-refractivity contribution in [3.05, 3.63) is 71.6 Å². The van der Waals surface area contributed by atoms with E-state index in [4.69, 9.17) is 11.6 Å². The van der Waals surface area contributed by atoms with E-state index in [9.17, 15) is 0 Å². The van der Waals surface area contributed by atoms with Gasteiger partial charge in [-0.2, -0.15) is 5.10 Å². The third-order valence-electron chi connectivity index (χ3n) is 4.41. The molecule has 5 rings (SSSR count). The lowest BCUT2D eigenvalue weighted by Crippen LogP contribution is -1.99. The number of halogens is 1. The van der Waals surface area contributed by atoms with Crippen LogP contribution in [-0.2, 0) is 0 Å². The quantitative estimate of drug-likeness (QED) is 0.475. The van der Waals surface area contributed by atoms with E-state index in [-0.39, 0.29) is 0 Å². The molecule has 0 aliphatic rings. The second-order valence-electron chi connectivity index (χ2n) is 6.05. The number of nitrogens with zero attached hydrogens (tertiary/aromatic N) is 6. The van der Waals surface area contributed by atoms with Crippen LogP contribution in [-0.4, -0.2) is 29.4 Å². The molecule has 0 aliphatic carbocycles. The smallest absolute Gasteiger partial charge is 0.175 e. The minimum absolute atomic E-state index is 0.650. The molecule has 0 saturated heterocycles. The Labute approximate surface area is 153 Å².